The first-order valence-corrected chi connectivity index (χ1v) is 6.62. The standard InChI is InChI=1S/C12H15BrS/c1-3-14-10(2)4-5-11-6-8-12(13)9-7-11/h4-10H,3H2,1-2H3/b5-4+. The maximum atomic E-state index is 3.42. The zero-order valence-electron chi connectivity index (χ0n) is 8.53. The molecule has 14 heavy (non-hydrogen) atoms. The van der Waals surface area contributed by atoms with E-state index in [4.69, 9.17) is 0 Å². The van der Waals surface area contributed by atoms with Crippen molar-refractivity contribution in [2.45, 2.75) is 19.1 Å². The van der Waals surface area contributed by atoms with E-state index in [0.29, 0.717) is 5.25 Å². The topological polar surface area (TPSA) is 0 Å². The molecule has 0 bridgehead atoms. The zero-order chi connectivity index (χ0) is 10.4. The molecule has 1 atom stereocenters. The molecule has 0 spiro atoms. The van der Waals surface area contributed by atoms with Crippen LogP contribution in [0.5, 0.6) is 0 Å². The number of hydrogen-bond acceptors (Lipinski definition) is 1. The smallest absolute Gasteiger partial charge is 0.0201 e. The SMILES string of the molecule is CCSC(C)/C=C/c1ccc(Br)cc1. The number of benzene rings is 1. The summed E-state index contributed by atoms with van der Waals surface area (Å²) in [4.78, 5) is 0. The van der Waals surface area contributed by atoms with E-state index in [1.54, 1.807) is 0 Å². The van der Waals surface area contributed by atoms with Gasteiger partial charge >= 0.3 is 0 Å². The van der Waals surface area contributed by atoms with Gasteiger partial charge in [-0.1, -0.05) is 47.1 Å². The van der Waals surface area contributed by atoms with E-state index in [9.17, 15) is 0 Å². The van der Waals surface area contributed by atoms with Gasteiger partial charge in [0.05, 0.1) is 0 Å². The van der Waals surface area contributed by atoms with Crippen molar-refractivity contribution in [3.05, 3.63) is 40.4 Å². The Labute approximate surface area is 98.9 Å². The van der Waals surface area contributed by atoms with Gasteiger partial charge < -0.3 is 0 Å². The van der Waals surface area contributed by atoms with Crippen LogP contribution in [0, 0.1) is 0 Å². The van der Waals surface area contributed by atoms with E-state index in [1.165, 1.54) is 11.3 Å². The first-order chi connectivity index (χ1) is 6.72. The molecule has 76 valence electrons. The molecule has 0 amide bonds. The molecule has 0 heterocycles. The van der Waals surface area contributed by atoms with Crippen LogP contribution < -0.4 is 0 Å². The predicted molar refractivity (Wildman–Crippen MR) is 70.8 cm³/mol. The Balaban J connectivity index is 2.55. The van der Waals surface area contributed by atoms with Crippen molar-refractivity contribution in [2.24, 2.45) is 0 Å². The Kier molecular flexibility index (Phi) is 5.34. The average Bonchev–Trinajstić information content (AvgIpc) is 2.17. The Bertz CT molecular complexity index is 290. The van der Waals surface area contributed by atoms with Gasteiger partial charge in [-0.05, 0) is 30.4 Å². The molecule has 1 rings (SSSR count). The van der Waals surface area contributed by atoms with Crippen molar-refractivity contribution in [3.63, 3.8) is 0 Å². The van der Waals surface area contributed by atoms with Crippen LogP contribution in [0.2, 0.25) is 0 Å². The minimum atomic E-state index is 0.601. The molecule has 0 aliphatic heterocycles. The van der Waals surface area contributed by atoms with Gasteiger partial charge in [-0.2, -0.15) is 11.8 Å². The highest BCUT2D eigenvalue weighted by atomic mass is 79.9. The molecule has 0 aromatic heterocycles. The maximum Gasteiger partial charge on any atom is 0.0201 e. The summed E-state index contributed by atoms with van der Waals surface area (Å²) in [6, 6.07) is 8.36. The first kappa shape index (κ1) is 11.9. The van der Waals surface area contributed by atoms with Crippen LogP contribution in [0.1, 0.15) is 19.4 Å². The van der Waals surface area contributed by atoms with Crippen LogP contribution >= 0.6 is 27.7 Å². The Morgan fingerprint density at radius 3 is 2.57 bits per heavy atom. The molecule has 0 aliphatic carbocycles. The van der Waals surface area contributed by atoms with Crippen molar-refractivity contribution in [2.75, 3.05) is 5.75 Å². The Morgan fingerprint density at radius 1 is 1.36 bits per heavy atom. The van der Waals surface area contributed by atoms with Gasteiger partial charge in [-0.25, -0.2) is 0 Å². The van der Waals surface area contributed by atoms with Crippen LogP contribution in [0.25, 0.3) is 6.08 Å². The molecule has 0 saturated heterocycles. The largest absolute Gasteiger partial charge is 0.155 e. The molecule has 1 aromatic rings. The molecule has 2 heteroatoms. The van der Waals surface area contributed by atoms with Crippen LogP contribution in [0.3, 0.4) is 0 Å². The molecule has 0 N–H and O–H groups in total. The molecular formula is C12H15BrS. The number of hydrogen-bond donors (Lipinski definition) is 0. The lowest BCUT2D eigenvalue weighted by molar-refractivity contribution is 1.25. The van der Waals surface area contributed by atoms with Gasteiger partial charge in [-0.3, -0.25) is 0 Å². The lowest BCUT2D eigenvalue weighted by Gasteiger charge is -2.02. The van der Waals surface area contributed by atoms with E-state index < -0.39 is 0 Å². The monoisotopic (exact) mass is 270 g/mol. The van der Waals surface area contributed by atoms with Crippen molar-refractivity contribution in [3.8, 4) is 0 Å². The average molecular weight is 271 g/mol. The lowest BCUT2D eigenvalue weighted by Crippen LogP contribution is -1.89. The third-order valence-corrected chi connectivity index (χ3v) is 3.40. The molecule has 1 unspecified atom stereocenters. The third-order valence-electron chi connectivity index (χ3n) is 1.86. The summed E-state index contributed by atoms with van der Waals surface area (Å²) < 4.78 is 1.13. The van der Waals surface area contributed by atoms with Gasteiger partial charge in [0.25, 0.3) is 0 Å². The summed E-state index contributed by atoms with van der Waals surface area (Å²) in [6.07, 6.45) is 4.43. The summed E-state index contributed by atoms with van der Waals surface area (Å²) in [5.41, 5.74) is 1.26. The van der Waals surface area contributed by atoms with Crippen LogP contribution in [-0.2, 0) is 0 Å². The highest BCUT2D eigenvalue weighted by Crippen LogP contribution is 2.15. The second-order valence-corrected chi connectivity index (χ2v) is 5.64. The summed E-state index contributed by atoms with van der Waals surface area (Å²) >= 11 is 5.38. The van der Waals surface area contributed by atoms with Crippen LogP contribution in [-0.4, -0.2) is 11.0 Å². The number of thioether (sulfide) groups is 1. The quantitative estimate of drug-likeness (QED) is 0.771. The normalized spacial score (nSPS) is 13.4. The highest BCUT2D eigenvalue weighted by molar-refractivity contribution is 9.10. The molecular weight excluding hydrogens is 256 g/mol. The molecule has 0 nitrogen and oxygen atoms in total. The maximum absolute atomic E-state index is 3.42. The molecule has 0 saturated carbocycles. The van der Waals surface area contributed by atoms with E-state index >= 15 is 0 Å². The summed E-state index contributed by atoms with van der Waals surface area (Å²) in [5, 5.41) is 0.601. The zero-order valence-corrected chi connectivity index (χ0v) is 10.9. The number of rotatable bonds is 4. The summed E-state index contributed by atoms with van der Waals surface area (Å²) in [6.45, 7) is 4.41. The van der Waals surface area contributed by atoms with Crippen molar-refractivity contribution >= 4 is 33.8 Å². The highest BCUT2D eigenvalue weighted by Gasteiger charge is 1.94. The van der Waals surface area contributed by atoms with E-state index in [2.05, 4.69) is 66.2 Å². The fraction of sp³-hybridized carbons (Fsp3) is 0.333. The van der Waals surface area contributed by atoms with Gasteiger partial charge in [0.2, 0.25) is 0 Å². The van der Waals surface area contributed by atoms with Gasteiger partial charge in [0.1, 0.15) is 0 Å². The second kappa shape index (κ2) is 6.31. The first-order valence-electron chi connectivity index (χ1n) is 4.77. The van der Waals surface area contributed by atoms with Gasteiger partial charge in [0, 0.05) is 9.72 Å². The van der Waals surface area contributed by atoms with E-state index in [1.807, 2.05) is 11.8 Å². The van der Waals surface area contributed by atoms with Crippen LogP contribution in [0.15, 0.2) is 34.8 Å². The van der Waals surface area contributed by atoms with Gasteiger partial charge in [-0.15, -0.1) is 0 Å². The Morgan fingerprint density at radius 2 is 2.00 bits per heavy atom. The Hall–Kier alpha value is -0.210. The lowest BCUT2D eigenvalue weighted by atomic mass is 10.2. The minimum Gasteiger partial charge on any atom is -0.155 e. The second-order valence-electron chi connectivity index (χ2n) is 3.07. The number of halogens is 1. The minimum absolute atomic E-state index is 0.601. The van der Waals surface area contributed by atoms with Gasteiger partial charge in [0.15, 0.2) is 0 Å². The van der Waals surface area contributed by atoms with E-state index in [0.717, 1.165) is 4.47 Å². The molecule has 0 radical (unpaired) electrons. The molecule has 0 fully saturated rings. The predicted octanol–water partition coefficient (Wildman–Crippen LogP) is 4.60. The summed E-state index contributed by atoms with van der Waals surface area (Å²) in [7, 11) is 0. The van der Waals surface area contributed by atoms with Crippen LogP contribution in [0.4, 0.5) is 0 Å². The summed E-state index contributed by atoms with van der Waals surface area (Å²) in [5.74, 6) is 1.17. The van der Waals surface area contributed by atoms with E-state index in [-0.39, 0.29) is 0 Å². The van der Waals surface area contributed by atoms with Crippen molar-refractivity contribution in [1.29, 1.82) is 0 Å². The molecule has 1 aromatic carbocycles. The fourth-order valence-electron chi connectivity index (χ4n) is 1.14. The van der Waals surface area contributed by atoms with Crippen molar-refractivity contribution < 1.29 is 0 Å². The third kappa shape index (κ3) is 4.34. The fourth-order valence-corrected chi connectivity index (χ4v) is 2.12. The van der Waals surface area contributed by atoms with Crippen molar-refractivity contribution in [1.82, 2.24) is 0 Å². The molecule has 0 aliphatic rings.